The normalized spacial score (nSPS) is 12.0. The molecule has 0 aliphatic carbocycles. The Labute approximate surface area is 114 Å². The Balaban J connectivity index is 2.99. The molecule has 0 amide bonds. The molecule has 0 aromatic heterocycles. The van der Waals surface area contributed by atoms with Gasteiger partial charge in [0.2, 0.25) is 0 Å². The highest BCUT2D eigenvalue weighted by Gasteiger charge is 2.26. The second-order valence-electron chi connectivity index (χ2n) is 4.57. The van der Waals surface area contributed by atoms with Crippen molar-refractivity contribution in [3.05, 3.63) is 0 Å². The fourth-order valence-corrected chi connectivity index (χ4v) is 1.96. The molecule has 0 aromatic carbocycles. The highest BCUT2D eigenvalue weighted by molar-refractivity contribution is 7.80. The van der Waals surface area contributed by atoms with Crippen molar-refractivity contribution in [2.24, 2.45) is 0 Å². The predicted molar refractivity (Wildman–Crippen MR) is 72.3 cm³/mol. The van der Waals surface area contributed by atoms with Crippen molar-refractivity contribution in [1.82, 2.24) is 0 Å². The molecule has 0 spiro atoms. The van der Waals surface area contributed by atoms with E-state index in [1.165, 1.54) is 38.5 Å². The minimum Gasteiger partial charge on any atom is -0.372 e. The fraction of sp³-hybridized carbons (Fsp3) is 1.00. The quantitative estimate of drug-likeness (QED) is 0.392. The lowest BCUT2D eigenvalue weighted by Crippen LogP contribution is -2.17. The molecule has 110 valence electrons. The van der Waals surface area contributed by atoms with Gasteiger partial charge in [-0.05, 0) is 18.6 Å². The van der Waals surface area contributed by atoms with Crippen molar-refractivity contribution in [3.8, 4) is 0 Å². The van der Waals surface area contributed by atoms with Gasteiger partial charge in [-0.1, -0.05) is 44.9 Å². The average molecular weight is 286 g/mol. The van der Waals surface area contributed by atoms with Gasteiger partial charge in [-0.2, -0.15) is 25.8 Å². The SMILES string of the molecule is FC(F)(F)COCCCCCCCCCCCS. The third kappa shape index (κ3) is 16.1. The summed E-state index contributed by atoms with van der Waals surface area (Å²) in [5, 5.41) is 0. The van der Waals surface area contributed by atoms with Gasteiger partial charge < -0.3 is 4.74 Å². The van der Waals surface area contributed by atoms with E-state index in [1.54, 1.807) is 0 Å². The minimum atomic E-state index is -4.19. The number of halogens is 3. The van der Waals surface area contributed by atoms with Crippen molar-refractivity contribution < 1.29 is 17.9 Å². The number of unbranched alkanes of at least 4 members (excludes halogenated alkanes) is 8. The van der Waals surface area contributed by atoms with Crippen LogP contribution in [-0.4, -0.2) is 25.1 Å². The number of rotatable bonds is 12. The third-order valence-electron chi connectivity index (χ3n) is 2.71. The zero-order chi connectivity index (χ0) is 13.7. The van der Waals surface area contributed by atoms with Crippen molar-refractivity contribution in [3.63, 3.8) is 0 Å². The summed E-state index contributed by atoms with van der Waals surface area (Å²) in [6, 6.07) is 0. The lowest BCUT2D eigenvalue weighted by molar-refractivity contribution is -0.174. The first-order chi connectivity index (χ1) is 8.56. The van der Waals surface area contributed by atoms with Gasteiger partial charge in [-0.3, -0.25) is 0 Å². The fourth-order valence-electron chi connectivity index (χ4n) is 1.74. The molecule has 0 heterocycles. The second kappa shape index (κ2) is 12.2. The van der Waals surface area contributed by atoms with Gasteiger partial charge in [-0.25, -0.2) is 0 Å². The van der Waals surface area contributed by atoms with E-state index in [0.29, 0.717) is 0 Å². The number of alkyl halides is 3. The Bertz CT molecular complexity index is 174. The number of hydrogen-bond acceptors (Lipinski definition) is 2. The molecule has 0 radical (unpaired) electrons. The summed E-state index contributed by atoms with van der Waals surface area (Å²) in [5.41, 5.74) is 0. The summed E-state index contributed by atoms with van der Waals surface area (Å²) < 4.78 is 39.7. The maximum atomic E-state index is 11.7. The Morgan fingerprint density at radius 2 is 1.17 bits per heavy atom. The van der Waals surface area contributed by atoms with Crippen LogP contribution in [0.5, 0.6) is 0 Å². The smallest absolute Gasteiger partial charge is 0.372 e. The molecule has 0 aliphatic rings. The van der Waals surface area contributed by atoms with Crippen LogP contribution in [-0.2, 0) is 4.74 Å². The van der Waals surface area contributed by atoms with Gasteiger partial charge in [0.05, 0.1) is 0 Å². The molecule has 18 heavy (non-hydrogen) atoms. The molecule has 0 saturated heterocycles. The molecule has 0 rings (SSSR count). The summed E-state index contributed by atoms with van der Waals surface area (Å²) in [4.78, 5) is 0. The molecule has 0 unspecified atom stereocenters. The van der Waals surface area contributed by atoms with Crippen LogP contribution in [0.1, 0.15) is 57.8 Å². The predicted octanol–water partition coefficient (Wildman–Crippen LogP) is 5.01. The van der Waals surface area contributed by atoms with Gasteiger partial charge in [0, 0.05) is 6.61 Å². The Hall–Kier alpha value is 0.100. The van der Waals surface area contributed by atoms with E-state index in [1.807, 2.05) is 0 Å². The van der Waals surface area contributed by atoms with Gasteiger partial charge in [0.15, 0.2) is 0 Å². The minimum absolute atomic E-state index is 0.224. The molecular weight excluding hydrogens is 261 g/mol. The summed E-state index contributed by atoms with van der Waals surface area (Å²) in [6.45, 7) is -0.889. The van der Waals surface area contributed by atoms with Gasteiger partial charge in [-0.15, -0.1) is 0 Å². The lowest BCUT2D eigenvalue weighted by atomic mass is 10.1. The maximum absolute atomic E-state index is 11.7. The van der Waals surface area contributed by atoms with Crippen LogP contribution in [0, 0.1) is 0 Å². The first-order valence-corrected chi connectivity index (χ1v) is 7.45. The molecule has 0 saturated carbocycles. The van der Waals surface area contributed by atoms with E-state index >= 15 is 0 Å². The molecule has 0 N–H and O–H groups in total. The van der Waals surface area contributed by atoms with E-state index in [0.717, 1.165) is 25.0 Å². The van der Waals surface area contributed by atoms with Crippen LogP contribution in [0.25, 0.3) is 0 Å². The second-order valence-corrected chi connectivity index (χ2v) is 5.02. The van der Waals surface area contributed by atoms with E-state index < -0.39 is 12.8 Å². The highest BCUT2D eigenvalue weighted by atomic mass is 32.1. The molecule has 0 atom stereocenters. The molecule has 0 bridgehead atoms. The molecular formula is C13H25F3OS. The van der Waals surface area contributed by atoms with Gasteiger partial charge in [0.1, 0.15) is 6.61 Å². The number of thiol groups is 1. The standard InChI is InChI=1S/C13H25F3OS/c14-13(15,16)12-17-10-8-6-4-2-1-3-5-7-9-11-18/h18H,1-12H2. The Morgan fingerprint density at radius 1 is 0.722 bits per heavy atom. The molecule has 5 heteroatoms. The lowest BCUT2D eigenvalue weighted by Gasteiger charge is -2.07. The Kier molecular flexibility index (Phi) is 12.2. The zero-order valence-corrected chi connectivity index (χ0v) is 11.9. The van der Waals surface area contributed by atoms with Gasteiger partial charge >= 0.3 is 6.18 Å². The summed E-state index contributed by atoms with van der Waals surface area (Å²) in [5.74, 6) is 0.970. The van der Waals surface area contributed by atoms with E-state index in [4.69, 9.17) is 0 Å². The van der Waals surface area contributed by atoms with Crippen molar-refractivity contribution in [2.75, 3.05) is 19.0 Å². The van der Waals surface area contributed by atoms with Crippen molar-refractivity contribution >= 4 is 12.6 Å². The van der Waals surface area contributed by atoms with Crippen LogP contribution in [0.4, 0.5) is 13.2 Å². The topological polar surface area (TPSA) is 9.23 Å². The largest absolute Gasteiger partial charge is 0.411 e. The number of hydrogen-bond donors (Lipinski definition) is 1. The van der Waals surface area contributed by atoms with Crippen LogP contribution in [0.3, 0.4) is 0 Å². The molecule has 0 fully saturated rings. The highest BCUT2D eigenvalue weighted by Crippen LogP contribution is 2.15. The van der Waals surface area contributed by atoms with Crippen LogP contribution in [0.2, 0.25) is 0 Å². The first kappa shape index (κ1) is 18.1. The zero-order valence-electron chi connectivity index (χ0n) is 11.0. The molecule has 0 aliphatic heterocycles. The molecule has 1 nitrogen and oxygen atoms in total. The summed E-state index contributed by atoms with van der Waals surface area (Å²) in [7, 11) is 0. The number of ether oxygens (including phenoxy) is 1. The van der Waals surface area contributed by atoms with Gasteiger partial charge in [0.25, 0.3) is 0 Å². The van der Waals surface area contributed by atoms with E-state index in [2.05, 4.69) is 17.4 Å². The Morgan fingerprint density at radius 3 is 1.61 bits per heavy atom. The first-order valence-electron chi connectivity index (χ1n) is 6.81. The average Bonchev–Trinajstić information content (AvgIpc) is 2.29. The van der Waals surface area contributed by atoms with Crippen LogP contribution in [0.15, 0.2) is 0 Å². The van der Waals surface area contributed by atoms with Crippen molar-refractivity contribution in [2.45, 2.75) is 64.0 Å². The van der Waals surface area contributed by atoms with Crippen LogP contribution < -0.4 is 0 Å². The van der Waals surface area contributed by atoms with E-state index in [-0.39, 0.29) is 6.61 Å². The maximum Gasteiger partial charge on any atom is 0.411 e. The monoisotopic (exact) mass is 286 g/mol. The van der Waals surface area contributed by atoms with Crippen LogP contribution >= 0.6 is 12.6 Å². The molecule has 0 aromatic rings. The summed E-state index contributed by atoms with van der Waals surface area (Å²) >= 11 is 4.16. The van der Waals surface area contributed by atoms with Crippen molar-refractivity contribution in [1.29, 1.82) is 0 Å². The van der Waals surface area contributed by atoms with E-state index in [9.17, 15) is 13.2 Å². The third-order valence-corrected chi connectivity index (χ3v) is 3.03. The summed E-state index contributed by atoms with van der Waals surface area (Å²) in [6.07, 6.45) is 6.01.